The van der Waals surface area contributed by atoms with E-state index in [2.05, 4.69) is 27.9 Å². The molecule has 2 aromatic rings. The molecule has 0 unspecified atom stereocenters. The van der Waals surface area contributed by atoms with Gasteiger partial charge in [-0.3, -0.25) is 0 Å². The van der Waals surface area contributed by atoms with Crippen LogP contribution in [-0.4, -0.2) is 15.0 Å². The maximum absolute atomic E-state index is 4.31. The number of aromatic nitrogens is 3. The van der Waals surface area contributed by atoms with Crippen molar-refractivity contribution in [3.63, 3.8) is 0 Å². The minimum absolute atomic E-state index is 0.782. The summed E-state index contributed by atoms with van der Waals surface area (Å²) in [7, 11) is 0. The molecule has 2 heterocycles. The average Bonchev–Trinajstić information content (AvgIpc) is 2.29. The summed E-state index contributed by atoms with van der Waals surface area (Å²) >= 11 is 0. The second kappa shape index (κ2) is 4.82. The molecular formula is C12H15N3. The summed E-state index contributed by atoms with van der Waals surface area (Å²) in [6, 6.07) is 2.14. The molecule has 78 valence electrons. The fraction of sp³-hybridized carbons (Fsp3) is 0.417. The number of aryl methyl sites for hydroxylation is 1. The highest BCUT2D eigenvalue weighted by molar-refractivity contribution is 5.73. The summed E-state index contributed by atoms with van der Waals surface area (Å²) < 4.78 is 0. The Kier molecular flexibility index (Phi) is 3.22. The van der Waals surface area contributed by atoms with E-state index in [0.717, 1.165) is 17.5 Å². The third kappa shape index (κ3) is 2.49. The van der Waals surface area contributed by atoms with E-state index in [1.807, 2.05) is 12.4 Å². The molecule has 2 aromatic heterocycles. The van der Waals surface area contributed by atoms with Crippen molar-refractivity contribution in [2.75, 3.05) is 0 Å². The lowest BCUT2D eigenvalue weighted by atomic mass is 10.1. The number of pyridine rings is 1. The fourth-order valence-electron chi connectivity index (χ4n) is 1.64. The molecule has 0 N–H and O–H groups in total. The minimum atomic E-state index is 0.782. The van der Waals surface area contributed by atoms with E-state index in [1.54, 1.807) is 0 Å². The largest absolute Gasteiger partial charge is 0.244 e. The van der Waals surface area contributed by atoms with Crippen molar-refractivity contribution in [3.05, 3.63) is 30.4 Å². The van der Waals surface area contributed by atoms with Crippen molar-refractivity contribution in [1.82, 2.24) is 15.0 Å². The average molecular weight is 201 g/mol. The second-order valence-electron chi connectivity index (χ2n) is 3.74. The van der Waals surface area contributed by atoms with Gasteiger partial charge in [0, 0.05) is 17.8 Å². The van der Waals surface area contributed by atoms with Crippen LogP contribution in [0.3, 0.4) is 0 Å². The van der Waals surface area contributed by atoms with Crippen LogP contribution in [0.2, 0.25) is 0 Å². The molecule has 0 aliphatic rings. The lowest BCUT2D eigenvalue weighted by Gasteiger charge is -2.01. The van der Waals surface area contributed by atoms with Gasteiger partial charge in [-0.25, -0.2) is 15.0 Å². The number of hydrogen-bond donors (Lipinski definition) is 0. The van der Waals surface area contributed by atoms with Crippen LogP contribution in [-0.2, 0) is 6.42 Å². The molecule has 0 radical (unpaired) electrons. The van der Waals surface area contributed by atoms with Gasteiger partial charge in [0.25, 0.3) is 0 Å². The molecule has 2 rings (SSSR count). The van der Waals surface area contributed by atoms with E-state index < -0.39 is 0 Å². The summed E-state index contributed by atoms with van der Waals surface area (Å²) in [5.74, 6) is 0. The van der Waals surface area contributed by atoms with E-state index in [4.69, 9.17) is 0 Å². The van der Waals surface area contributed by atoms with Gasteiger partial charge in [-0.1, -0.05) is 19.8 Å². The molecule has 0 aliphatic heterocycles. The van der Waals surface area contributed by atoms with Gasteiger partial charge < -0.3 is 0 Å². The van der Waals surface area contributed by atoms with Crippen molar-refractivity contribution in [2.45, 2.75) is 32.6 Å². The first kappa shape index (κ1) is 10.0. The first-order valence-electron chi connectivity index (χ1n) is 5.45. The van der Waals surface area contributed by atoms with Gasteiger partial charge in [-0.15, -0.1) is 0 Å². The van der Waals surface area contributed by atoms with Crippen LogP contribution in [0.15, 0.2) is 24.8 Å². The zero-order valence-corrected chi connectivity index (χ0v) is 8.98. The third-order valence-electron chi connectivity index (χ3n) is 2.48. The van der Waals surface area contributed by atoms with Crippen molar-refractivity contribution in [1.29, 1.82) is 0 Å². The number of rotatable bonds is 4. The predicted octanol–water partition coefficient (Wildman–Crippen LogP) is 2.76. The maximum Gasteiger partial charge on any atom is 0.162 e. The van der Waals surface area contributed by atoms with Crippen LogP contribution in [0, 0.1) is 0 Å². The molecule has 0 aliphatic carbocycles. The minimum Gasteiger partial charge on any atom is -0.244 e. The standard InChI is InChI=1S/C12H15N3/c1-2-3-4-5-10-6-11-8-13-9-15-12(11)14-7-10/h6-9H,2-5H2,1H3. The van der Waals surface area contributed by atoms with E-state index in [9.17, 15) is 0 Å². The number of fused-ring (bicyclic) bond motifs is 1. The zero-order valence-electron chi connectivity index (χ0n) is 8.98. The Morgan fingerprint density at radius 1 is 1.13 bits per heavy atom. The van der Waals surface area contributed by atoms with Crippen molar-refractivity contribution >= 4 is 11.0 Å². The van der Waals surface area contributed by atoms with E-state index in [1.165, 1.54) is 31.2 Å². The first-order chi connectivity index (χ1) is 7.40. The van der Waals surface area contributed by atoms with Crippen LogP contribution in [0.5, 0.6) is 0 Å². The first-order valence-corrected chi connectivity index (χ1v) is 5.45. The van der Waals surface area contributed by atoms with Crippen LogP contribution >= 0.6 is 0 Å². The molecule has 0 saturated carbocycles. The smallest absolute Gasteiger partial charge is 0.162 e. The summed E-state index contributed by atoms with van der Waals surface area (Å²) in [6.07, 6.45) is 10.1. The molecule has 0 bridgehead atoms. The highest BCUT2D eigenvalue weighted by Crippen LogP contribution is 2.11. The quantitative estimate of drug-likeness (QED) is 0.714. The molecule has 3 heteroatoms. The molecule has 0 fully saturated rings. The lowest BCUT2D eigenvalue weighted by molar-refractivity contribution is 0.716. The topological polar surface area (TPSA) is 38.7 Å². The van der Waals surface area contributed by atoms with Crippen LogP contribution in [0.25, 0.3) is 11.0 Å². The Morgan fingerprint density at radius 2 is 2.07 bits per heavy atom. The lowest BCUT2D eigenvalue weighted by Crippen LogP contribution is -1.90. The summed E-state index contributed by atoms with van der Waals surface area (Å²) in [4.78, 5) is 12.4. The third-order valence-corrected chi connectivity index (χ3v) is 2.48. The summed E-state index contributed by atoms with van der Waals surface area (Å²) in [5.41, 5.74) is 2.06. The van der Waals surface area contributed by atoms with Gasteiger partial charge >= 0.3 is 0 Å². The summed E-state index contributed by atoms with van der Waals surface area (Å²) in [5, 5.41) is 1.03. The number of nitrogens with zero attached hydrogens (tertiary/aromatic N) is 3. The molecule has 0 aromatic carbocycles. The predicted molar refractivity (Wildman–Crippen MR) is 60.6 cm³/mol. The van der Waals surface area contributed by atoms with Crippen molar-refractivity contribution in [2.24, 2.45) is 0 Å². The van der Waals surface area contributed by atoms with Gasteiger partial charge in [0.15, 0.2) is 5.65 Å². The monoisotopic (exact) mass is 201 g/mol. The molecular weight excluding hydrogens is 186 g/mol. The maximum atomic E-state index is 4.31. The molecule has 0 spiro atoms. The van der Waals surface area contributed by atoms with Crippen LogP contribution in [0.4, 0.5) is 0 Å². The summed E-state index contributed by atoms with van der Waals surface area (Å²) in [6.45, 7) is 2.21. The van der Waals surface area contributed by atoms with Gasteiger partial charge in [0.1, 0.15) is 6.33 Å². The number of unbranched alkanes of at least 4 members (excludes halogenated alkanes) is 2. The van der Waals surface area contributed by atoms with E-state index in [-0.39, 0.29) is 0 Å². The van der Waals surface area contributed by atoms with E-state index in [0.29, 0.717) is 0 Å². The zero-order chi connectivity index (χ0) is 10.5. The van der Waals surface area contributed by atoms with Gasteiger partial charge in [-0.2, -0.15) is 0 Å². The molecule has 3 nitrogen and oxygen atoms in total. The molecule has 0 atom stereocenters. The Hall–Kier alpha value is -1.51. The fourth-order valence-corrected chi connectivity index (χ4v) is 1.64. The van der Waals surface area contributed by atoms with E-state index >= 15 is 0 Å². The highest BCUT2D eigenvalue weighted by Gasteiger charge is 1.98. The highest BCUT2D eigenvalue weighted by atomic mass is 14.9. The SMILES string of the molecule is CCCCCc1cnc2ncncc2c1. The van der Waals surface area contributed by atoms with Gasteiger partial charge in [0.05, 0.1) is 0 Å². The Morgan fingerprint density at radius 3 is 2.93 bits per heavy atom. The Labute approximate surface area is 89.6 Å². The Bertz CT molecular complexity index is 440. The van der Waals surface area contributed by atoms with Crippen molar-refractivity contribution in [3.8, 4) is 0 Å². The second-order valence-corrected chi connectivity index (χ2v) is 3.74. The Balaban J connectivity index is 2.16. The van der Waals surface area contributed by atoms with Gasteiger partial charge in [-0.05, 0) is 24.5 Å². The van der Waals surface area contributed by atoms with Crippen LogP contribution < -0.4 is 0 Å². The molecule has 0 amide bonds. The molecule has 15 heavy (non-hydrogen) atoms. The normalized spacial score (nSPS) is 10.7. The number of hydrogen-bond acceptors (Lipinski definition) is 3. The van der Waals surface area contributed by atoms with Crippen LogP contribution in [0.1, 0.15) is 31.7 Å². The van der Waals surface area contributed by atoms with Crippen molar-refractivity contribution < 1.29 is 0 Å². The van der Waals surface area contributed by atoms with Gasteiger partial charge in [0.2, 0.25) is 0 Å². The molecule has 0 saturated heterocycles.